The van der Waals surface area contributed by atoms with Gasteiger partial charge < -0.3 is 0 Å². The fraction of sp³-hybridized carbons (Fsp3) is 0.400. The van der Waals surface area contributed by atoms with Crippen molar-refractivity contribution in [3.05, 3.63) is 90.3 Å². The van der Waals surface area contributed by atoms with Gasteiger partial charge in [-0.05, 0) is 60.7 Å². The topological polar surface area (TPSA) is 38.7 Å². The predicted octanol–water partition coefficient (Wildman–Crippen LogP) is 7.48. The summed E-state index contributed by atoms with van der Waals surface area (Å²) in [6.45, 7) is 6.36. The minimum Gasteiger partial charge on any atom is -0.265 e. The van der Waals surface area contributed by atoms with Gasteiger partial charge in [0.2, 0.25) is 0 Å². The lowest BCUT2D eigenvalue weighted by Gasteiger charge is -1.89. The van der Waals surface area contributed by atoms with Crippen molar-refractivity contribution in [1.82, 2.24) is 15.0 Å². The van der Waals surface area contributed by atoms with E-state index in [0.29, 0.717) is 0 Å². The van der Waals surface area contributed by atoms with E-state index in [0.717, 1.165) is 25.0 Å². The van der Waals surface area contributed by atoms with Gasteiger partial charge in [-0.2, -0.15) is 0 Å². The van der Waals surface area contributed by atoms with Crippen molar-refractivity contribution < 1.29 is 0 Å². The largest absolute Gasteiger partial charge is 0.265 e. The molecule has 3 heteroatoms. The minimum absolute atomic E-state index is 0. The van der Waals surface area contributed by atoms with Crippen molar-refractivity contribution in [3.8, 4) is 0 Å². The second-order valence-corrected chi connectivity index (χ2v) is 5.10. The van der Waals surface area contributed by atoms with E-state index in [-0.39, 0.29) is 29.7 Å². The van der Waals surface area contributed by atoms with Crippen LogP contribution < -0.4 is 0 Å². The predicted molar refractivity (Wildman–Crippen MR) is 128 cm³/mol. The van der Waals surface area contributed by atoms with Gasteiger partial charge in [0, 0.05) is 36.7 Å². The first-order chi connectivity index (χ1) is 11.8. The lowest BCUT2D eigenvalue weighted by atomic mass is 10.2. The highest BCUT2D eigenvalue weighted by atomic mass is 14.7. The number of pyridine rings is 3. The zero-order valence-electron chi connectivity index (χ0n) is 14.9. The summed E-state index contributed by atoms with van der Waals surface area (Å²) in [5.74, 6) is 0. The average Bonchev–Trinajstić information content (AvgIpc) is 2.71. The van der Waals surface area contributed by atoms with Crippen molar-refractivity contribution in [2.75, 3.05) is 0 Å². The van der Waals surface area contributed by atoms with E-state index < -0.39 is 0 Å². The Hall–Kier alpha value is -2.55. The van der Waals surface area contributed by atoms with Gasteiger partial charge in [-0.25, -0.2) is 0 Å². The van der Waals surface area contributed by atoms with Crippen molar-refractivity contribution in [2.24, 2.45) is 0 Å². The number of aromatic nitrogens is 3. The van der Waals surface area contributed by atoms with E-state index in [1.807, 2.05) is 61.2 Å². The van der Waals surface area contributed by atoms with E-state index in [9.17, 15) is 0 Å². The number of rotatable bonds is 3. The third-order valence-electron chi connectivity index (χ3n) is 3.38. The summed E-state index contributed by atoms with van der Waals surface area (Å²) < 4.78 is 0. The Bertz CT molecular complexity index is 532. The molecule has 0 aromatic carbocycles. The Labute approximate surface area is 175 Å². The molecule has 3 heterocycles. The first-order valence-corrected chi connectivity index (χ1v) is 8.47. The second-order valence-electron chi connectivity index (χ2n) is 5.10. The van der Waals surface area contributed by atoms with Gasteiger partial charge in [0.1, 0.15) is 0 Å². The molecule has 0 saturated carbocycles. The molecule has 0 saturated heterocycles. The summed E-state index contributed by atoms with van der Waals surface area (Å²) >= 11 is 0. The van der Waals surface area contributed by atoms with Crippen molar-refractivity contribution >= 4 is 0 Å². The molecule has 3 aromatic rings. The summed E-state index contributed by atoms with van der Waals surface area (Å²) in [4.78, 5) is 11.9. The summed E-state index contributed by atoms with van der Waals surface area (Å²) in [5, 5.41) is 0. The molecule has 0 aliphatic carbocycles. The van der Waals surface area contributed by atoms with Gasteiger partial charge in [0.25, 0.3) is 0 Å². The molecule has 0 atom stereocenters. The number of hydrogen-bond donors (Lipinski definition) is 0. The summed E-state index contributed by atoms with van der Waals surface area (Å²) in [6.07, 6.45) is 12.3. The van der Waals surface area contributed by atoms with E-state index in [1.165, 1.54) is 11.1 Å². The highest BCUT2D eigenvalue weighted by Crippen LogP contribution is 1.95. The maximum absolute atomic E-state index is 4.10. The zero-order chi connectivity index (χ0) is 17.5. The SMILES string of the molecule is C.C.C.C.CCc1ccccn1.CCc1cccnc1.CCc1ccncc1. The van der Waals surface area contributed by atoms with Gasteiger partial charge >= 0.3 is 0 Å². The normalized spacial score (nSPS) is 7.82. The molecule has 0 aliphatic heterocycles. The van der Waals surface area contributed by atoms with Gasteiger partial charge in [-0.15, -0.1) is 0 Å². The molecule has 0 N–H and O–H groups in total. The summed E-state index contributed by atoms with van der Waals surface area (Å²) in [5.41, 5.74) is 3.81. The first-order valence-electron chi connectivity index (χ1n) is 8.47. The van der Waals surface area contributed by atoms with Gasteiger partial charge in [0.05, 0.1) is 0 Å². The van der Waals surface area contributed by atoms with Crippen molar-refractivity contribution in [1.29, 1.82) is 0 Å². The van der Waals surface area contributed by atoms with Crippen LogP contribution in [-0.2, 0) is 19.3 Å². The molecule has 3 nitrogen and oxygen atoms in total. The van der Waals surface area contributed by atoms with E-state index in [4.69, 9.17) is 0 Å². The average molecular weight is 386 g/mol. The smallest absolute Gasteiger partial charge is 0.0400 e. The lowest BCUT2D eigenvalue weighted by Crippen LogP contribution is -1.81. The molecule has 0 fully saturated rings. The molecule has 158 valence electrons. The molecule has 0 bridgehead atoms. The van der Waals surface area contributed by atoms with Crippen LogP contribution >= 0.6 is 0 Å². The molecular weight excluding hydrogens is 342 g/mol. The molecule has 3 rings (SSSR count). The van der Waals surface area contributed by atoms with Crippen LogP contribution in [0.15, 0.2) is 73.4 Å². The first kappa shape index (κ1) is 33.1. The van der Waals surface area contributed by atoms with E-state index >= 15 is 0 Å². The summed E-state index contributed by atoms with van der Waals surface area (Å²) in [6, 6.07) is 14.1. The van der Waals surface area contributed by atoms with Crippen LogP contribution in [0.2, 0.25) is 0 Å². The van der Waals surface area contributed by atoms with Crippen LogP contribution in [0.4, 0.5) is 0 Å². The number of aryl methyl sites for hydroxylation is 3. The van der Waals surface area contributed by atoms with Crippen LogP contribution in [-0.4, -0.2) is 15.0 Å². The molecule has 28 heavy (non-hydrogen) atoms. The third kappa shape index (κ3) is 15.7. The molecule has 0 spiro atoms. The third-order valence-corrected chi connectivity index (χ3v) is 3.38. The zero-order valence-corrected chi connectivity index (χ0v) is 14.9. The highest BCUT2D eigenvalue weighted by molar-refractivity contribution is 5.08. The highest BCUT2D eigenvalue weighted by Gasteiger charge is 1.82. The fourth-order valence-corrected chi connectivity index (χ4v) is 1.83. The number of nitrogens with zero attached hydrogens (tertiary/aromatic N) is 3. The lowest BCUT2D eigenvalue weighted by molar-refractivity contribution is 1.04. The summed E-state index contributed by atoms with van der Waals surface area (Å²) in [7, 11) is 0. The standard InChI is InChI=1S/3C7H9N.4CH4/c1-2-7-3-5-8-6-4-7;1-2-7-4-3-5-8-6-7;1-2-7-5-3-4-6-8-7;;;;/h3*3-6H,2H2,1H3;4*1H4. The molecule has 3 aromatic heterocycles. The number of hydrogen-bond acceptors (Lipinski definition) is 3. The van der Waals surface area contributed by atoms with E-state index in [1.54, 1.807) is 6.20 Å². The van der Waals surface area contributed by atoms with Crippen LogP contribution in [0.5, 0.6) is 0 Å². The van der Waals surface area contributed by atoms with Crippen molar-refractivity contribution in [2.45, 2.75) is 69.7 Å². The van der Waals surface area contributed by atoms with E-state index in [2.05, 4.69) is 41.8 Å². The Morgan fingerprint density at radius 3 is 1.54 bits per heavy atom. The molecular formula is C25H43N3. The van der Waals surface area contributed by atoms with Crippen LogP contribution in [0.25, 0.3) is 0 Å². The van der Waals surface area contributed by atoms with Gasteiger partial charge in [-0.1, -0.05) is 62.6 Å². The minimum atomic E-state index is 0. The second kappa shape index (κ2) is 22.5. The quantitative estimate of drug-likeness (QED) is 0.469. The molecule has 0 aliphatic rings. The van der Waals surface area contributed by atoms with Crippen LogP contribution in [0.1, 0.15) is 67.3 Å². The van der Waals surface area contributed by atoms with Crippen LogP contribution in [0.3, 0.4) is 0 Å². The molecule has 0 amide bonds. The van der Waals surface area contributed by atoms with Gasteiger partial charge in [-0.3, -0.25) is 15.0 Å². The van der Waals surface area contributed by atoms with Gasteiger partial charge in [0.15, 0.2) is 0 Å². The Morgan fingerprint density at radius 2 is 1.21 bits per heavy atom. The Kier molecular flexibility index (Phi) is 26.6. The molecule has 0 radical (unpaired) electrons. The monoisotopic (exact) mass is 385 g/mol. The maximum Gasteiger partial charge on any atom is 0.0400 e. The Balaban J connectivity index is -0.000000144. The Morgan fingerprint density at radius 1 is 0.571 bits per heavy atom. The maximum atomic E-state index is 4.10. The molecule has 0 unspecified atom stereocenters. The van der Waals surface area contributed by atoms with Crippen molar-refractivity contribution in [3.63, 3.8) is 0 Å². The van der Waals surface area contributed by atoms with Crippen LogP contribution in [0, 0.1) is 0 Å². The fourth-order valence-electron chi connectivity index (χ4n) is 1.83.